The molecule has 0 bridgehead atoms. The summed E-state index contributed by atoms with van der Waals surface area (Å²) in [6, 6.07) is 13.7. The number of fused-ring (bicyclic) bond motifs is 1. The van der Waals surface area contributed by atoms with E-state index in [0.717, 1.165) is 36.8 Å². The number of halogens is 3. The van der Waals surface area contributed by atoms with Crippen LogP contribution in [0, 0.1) is 5.82 Å². The summed E-state index contributed by atoms with van der Waals surface area (Å²) in [5.74, 6) is -0.261. The molecule has 4 rings (SSSR count). The molecule has 2 heterocycles. The number of aromatic nitrogens is 1. The van der Waals surface area contributed by atoms with Gasteiger partial charge in [0, 0.05) is 42.2 Å². The number of hydrogen-bond donors (Lipinski definition) is 2. The number of nitrogens with zero attached hydrogens (tertiary/aromatic N) is 2. The van der Waals surface area contributed by atoms with Gasteiger partial charge in [-0.15, -0.1) is 0 Å². The van der Waals surface area contributed by atoms with Gasteiger partial charge in [0.1, 0.15) is 23.9 Å². The summed E-state index contributed by atoms with van der Waals surface area (Å²) >= 11 is 11.7. The van der Waals surface area contributed by atoms with Crippen molar-refractivity contribution in [2.45, 2.75) is 18.9 Å². The van der Waals surface area contributed by atoms with E-state index in [1.165, 1.54) is 12.1 Å². The van der Waals surface area contributed by atoms with E-state index in [1.54, 1.807) is 24.3 Å². The topological polar surface area (TPSA) is 66.5 Å². The fourth-order valence-corrected chi connectivity index (χ4v) is 3.92. The van der Waals surface area contributed by atoms with Crippen LogP contribution in [0.4, 0.5) is 4.39 Å². The Balaban J connectivity index is 1.19. The number of hydrogen-bond acceptors (Lipinski definition) is 5. The Morgan fingerprint density at radius 1 is 1.12 bits per heavy atom. The van der Waals surface area contributed by atoms with E-state index in [9.17, 15) is 9.18 Å². The van der Waals surface area contributed by atoms with Gasteiger partial charge in [-0.3, -0.25) is 10.2 Å². The van der Waals surface area contributed by atoms with E-state index in [4.69, 9.17) is 27.9 Å². The van der Waals surface area contributed by atoms with Crippen molar-refractivity contribution in [3.05, 3.63) is 70.1 Å². The number of rotatable bonds is 7. The second-order valence-corrected chi connectivity index (χ2v) is 8.46. The van der Waals surface area contributed by atoms with Crippen LogP contribution < -0.4 is 15.5 Å². The van der Waals surface area contributed by atoms with Gasteiger partial charge < -0.3 is 10.1 Å². The highest BCUT2D eigenvalue weighted by molar-refractivity contribution is 6.31. The van der Waals surface area contributed by atoms with Crippen molar-refractivity contribution >= 4 is 40.0 Å². The number of pyridine rings is 1. The summed E-state index contributed by atoms with van der Waals surface area (Å²) < 4.78 is 19.0. The lowest BCUT2D eigenvalue weighted by atomic mass is 10.1. The summed E-state index contributed by atoms with van der Waals surface area (Å²) in [7, 11) is 0. The van der Waals surface area contributed by atoms with Crippen LogP contribution >= 0.6 is 23.2 Å². The van der Waals surface area contributed by atoms with Gasteiger partial charge in [0.25, 0.3) is 5.91 Å². The lowest BCUT2D eigenvalue weighted by Crippen LogP contribution is -2.50. The largest absolute Gasteiger partial charge is 0.492 e. The van der Waals surface area contributed by atoms with Crippen molar-refractivity contribution in [1.29, 1.82) is 0 Å². The molecule has 1 saturated heterocycles. The quantitative estimate of drug-likeness (QED) is 0.492. The molecule has 0 radical (unpaired) electrons. The first-order valence-electron chi connectivity index (χ1n) is 10.4. The molecular formula is C23H23Cl2FN4O2. The standard InChI is InChI=1S/C23H23Cl2FN4O2/c24-16-2-6-21-15(13-16)1-5-22(28-21)23(31)29-30-10-7-17(8-11-30)27-9-12-32-18-3-4-19(25)20(26)14-18/h1-6,13-14,17,27H,7-12H2,(H,29,31). The van der Waals surface area contributed by atoms with Gasteiger partial charge in [-0.05, 0) is 49.2 Å². The van der Waals surface area contributed by atoms with Crippen molar-refractivity contribution in [1.82, 2.24) is 20.7 Å². The van der Waals surface area contributed by atoms with Crippen LogP contribution in [0.2, 0.25) is 10.0 Å². The Labute approximate surface area is 195 Å². The normalized spacial score (nSPS) is 15.1. The summed E-state index contributed by atoms with van der Waals surface area (Å²) in [5, 5.41) is 6.97. The molecule has 0 unspecified atom stereocenters. The maximum Gasteiger partial charge on any atom is 0.284 e. The van der Waals surface area contributed by atoms with Gasteiger partial charge in [-0.1, -0.05) is 29.3 Å². The number of carbonyl (C=O) groups is 1. The molecule has 0 atom stereocenters. The summed E-state index contributed by atoms with van der Waals surface area (Å²) in [6.45, 7) is 2.54. The Hall–Kier alpha value is -2.45. The monoisotopic (exact) mass is 476 g/mol. The molecule has 2 N–H and O–H groups in total. The first kappa shape index (κ1) is 22.7. The zero-order chi connectivity index (χ0) is 22.5. The summed E-state index contributed by atoms with van der Waals surface area (Å²) in [5.41, 5.74) is 4.04. The molecule has 9 heteroatoms. The molecule has 6 nitrogen and oxygen atoms in total. The lowest BCUT2D eigenvalue weighted by molar-refractivity contribution is 0.0717. The minimum Gasteiger partial charge on any atom is -0.492 e. The Kier molecular flexibility index (Phi) is 7.42. The molecule has 0 saturated carbocycles. The van der Waals surface area contributed by atoms with Crippen molar-refractivity contribution in [3.63, 3.8) is 0 Å². The number of benzene rings is 2. The Morgan fingerprint density at radius 3 is 2.72 bits per heavy atom. The highest BCUT2D eigenvalue weighted by atomic mass is 35.5. The molecule has 1 amide bonds. The van der Waals surface area contributed by atoms with Gasteiger partial charge in [0.05, 0.1) is 10.5 Å². The van der Waals surface area contributed by atoms with Gasteiger partial charge in [0.15, 0.2) is 0 Å². The van der Waals surface area contributed by atoms with Crippen LogP contribution in [0.3, 0.4) is 0 Å². The van der Waals surface area contributed by atoms with Crippen LogP contribution in [-0.2, 0) is 0 Å². The van der Waals surface area contributed by atoms with Crippen LogP contribution in [0.15, 0.2) is 48.5 Å². The van der Waals surface area contributed by atoms with Gasteiger partial charge in [-0.2, -0.15) is 0 Å². The van der Waals surface area contributed by atoms with Crippen LogP contribution in [0.5, 0.6) is 5.75 Å². The van der Waals surface area contributed by atoms with E-state index >= 15 is 0 Å². The average molecular weight is 477 g/mol. The smallest absolute Gasteiger partial charge is 0.284 e. The summed E-state index contributed by atoms with van der Waals surface area (Å²) in [6.07, 6.45) is 1.78. The highest BCUT2D eigenvalue weighted by Gasteiger charge is 2.21. The van der Waals surface area contributed by atoms with E-state index in [-0.39, 0.29) is 10.9 Å². The third-order valence-corrected chi connectivity index (χ3v) is 5.87. The Bertz CT molecular complexity index is 1110. The minimum absolute atomic E-state index is 0.0793. The van der Waals surface area contributed by atoms with Crippen LogP contribution in [0.1, 0.15) is 23.3 Å². The minimum atomic E-state index is -0.491. The number of carbonyl (C=O) groups excluding carboxylic acids is 1. The molecule has 2 aromatic carbocycles. The second-order valence-electron chi connectivity index (χ2n) is 7.61. The Morgan fingerprint density at radius 2 is 1.94 bits per heavy atom. The number of ether oxygens (including phenoxy) is 1. The zero-order valence-corrected chi connectivity index (χ0v) is 18.8. The van der Waals surface area contributed by atoms with Crippen LogP contribution in [-0.4, -0.2) is 48.2 Å². The average Bonchev–Trinajstić information content (AvgIpc) is 2.79. The molecule has 32 heavy (non-hydrogen) atoms. The fraction of sp³-hybridized carbons (Fsp3) is 0.304. The molecule has 0 aliphatic carbocycles. The lowest BCUT2D eigenvalue weighted by Gasteiger charge is -2.32. The first-order chi connectivity index (χ1) is 15.5. The first-order valence-corrected chi connectivity index (χ1v) is 11.2. The van der Waals surface area contributed by atoms with E-state index in [0.29, 0.717) is 35.7 Å². The third-order valence-electron chi connectivity index (χ3n) is 5.33. The molecular weight excluding hydrogens is 454 g/mol. The summed E-state index contributed by atoms with van der Waals surface area (Å²) in [4.78, 5) is 17.0. The number of nitrogens with one attached hydrogen (secondary N) is 2. The van der Waals surface area contributed by atoms with E-state index < -0.39 is 5.82 Å². The van der Waals surface area contributed by atoms with E-state index in [2.05, 4.69) is 15.7 Å². The molecule has 3 aromatic rings. The SMILES string of the molecule is O=C(NN1CCC(NCCOc2ccc(Cl)c(F)c2)CC1)c1ccc2cc(Cl)ccc2n1. The number of amides is 1. The molecule has 0 spiro atoms. The van der Waals surface area contributed by atoms with Crippen molar-refractivity contribution in [3.8, 4) is 5.75 Å². The van der Waals surface area contributed by atoms with Gasteiger partial charge >= 0.3 is 0 Å². The predicted octanol–water partition coefficient (Wildman–Crippen LogP) is 4.46. The van der Waals surface area contributed by atoms with Crippen molar-refractivity contribution in [2.24, 2.45) is 0 Å². The molecule has 1 aliphatic heterocycles. The van der Waals surface area contributed by atoms with Crippen molar-refractivity contribution < 1.29 is 13.9 Å². The highest BCUT2D eigenvalue weighted by Crippen LogP contribution is 2.20. The van der Waals surface area contributed by atoms with Gasteiger partial charge in [0.2, 0.25) is 0 Å². The van der Waals surface area contributed by atoms with E-state index in [1.807, 2.05) is 17.1 Å². The number of hydrazine groups is 1. The third kappa shape index (κ3) is 5.86. The second kappa shape index (κ2) is 10.4. The number of piperidine rings is 1. The molecule has 1 aliphatic rings. The van der Waals surface area contributed by atoms with Crippen LogP contribution in [0.25, 0.3) is 10.9 Å². The molecule has 1 fully saturated rings. The maximum atomic E-state index is 13.4. The maximum absolute atomic E-state index is 13.4. The van der Waals surface area contributed by atoms with Gasteiger partial charge in [-0.25, -0.2) is 14.4 Å². The zero-order valence-electron chi connectivity index (χ0n) is 17.3. The molecule has 1 aromatic heterocycles. The molecule has 168 valence electrons. The van der Waals surface area contributed by atoms with Crippen molar-refractivity contribution in [2.75, 3.05) is 26.2 Å². The predicted molar refractivity (Wildman–Crippen MR) is 124 cm³/mol. The fourth-order valence-electron chi connectivity index (χ4n) is 3.62.